The van der Waals surface area contributed by atoms with Crippen LogP contribution in [0.3, 0.4) is 0 Å². The fraction of sp³-hybridized carbons (Fsp3) is 1.00. The van der Waals surface area contributed by atoms with Crippen LogP contribution in [0.2, 0.25) is 0 Å². The predicted octanol–water partition coefficient (Wildman–Crippen LogP) is 0.895. The van der Waals surface area contributed by atoms with Crippen LogP contribution in [0, 0.1) is 0 Å². The maximum Gasteiger partial charge on any atom is 0.0726 e. The average Bonchev–Trinajstić information content (AvgIpc) is 2.75. The molecule has 0 radical (unpaired) electrons. The molecule has 0 bridgehead atoms. The summed E-state index contributed by atoms with van der Waals surface area (Å²) in [6, 6.07) is 0.680. The van der Waals surface area contributed by atoms with Crippen LogP contribution in [0.5, 0.6) is 0 Å². The highest BCUT2D eigenvalue weighted by Gasteiger charge is 2.36. The smallest absolute Gasteiger partial charge is 0.0726 e. The first-order chi connectivity index (χ1) is 6.71. The Kier molecular flexibility index (Phi) is 3.10. The first kappa shape index (κ1) is 10.4. The molecule has 2 rings (SSSR count). The molecule has 3 atom stereocenters. The van der Waals surface area contributed by atoms with Gasteiger partial charge in [0.25, 0.3) is 0 Å². The van der Waals surface area contributed by atoms with Gasteiger partial charge in [-0.3, -0.25) is 0 Å². The Balaban J connectivity index is 1.78. The van der Waals surface area contributed by atoms with Gasteiger partial charge < -0.3 is 15.4 Å². The third-order valence-corrected chi connectivity index (χ3v) is 3.80. The summed E-state index contributed by atoms with van der Waals surface area (Å²) in [6.45, 7) is 7.63. The van der Waals surface area contributed by atoms with E-state index in [0.29, 0.717) is 12.1 Å². The van der Waals surface area contributed by atoms with Crippen molar-refractivity contribution < 1.29 is 4.74 Å². The molecule has 2 aliphatic heterocycles. The first-order valence-corrected chi connectivity index (χ1v) is 5.81. The van der Waals surface area contributed by atoms with Gasteiger partial charge in [0.1, 0.15) is 0 Å². The molecule has 0 spiro atoms. The van der Waals surface area contributed by atoms with Gasteiger partial charge in [0.15, 0.2) is 0 Å². The summed E-state index contributed by atoms with van der Waals surface area (Å²) < 4.78 is 5.60. The van der Waals surface area contributed by atoms with E-state index in [9.17, 15) is 0 Å². The van der Waals surface area contributed by atoms with Crippen molar-refractivity contribution in [1.82, 2.24) is 10.6 Å². The second-order valence-corrected chi connectivity index (χ2v) is 4.85. The lowest BCUT2D eigenvalue weighted by atomic mass is 9.94. The van der Waals surface area contributed by atoms with E-state index in [1.165, 1.54) is 19.4 Å². The van der Waals surface area contributed by atoms with E-state index >= 15 is 0 Å². The molecule has 0 aromatic heterocycles. The molecule has 82 valence electrons. The molecule has 2 heterocycles. The SMILES string of the molecule is CC1OCCC1(C)NC[C@H]1CCCN1. The number of ether oxygens (including phenoxy) is 1. The van der Waals surface area contributed by atoms with Gasteiger partial charge in [-0.05, 0) is 39.7 Å². The number of hydrogen-bond acceptors (Lipinski definition) is 3. The largest absolute Gasteiger partial charge is 0.377 e. The number of rotatable bonds is 3. The molecular formula is C11H22N2O. The maximum absolute atomic E-state index is 5.60. The molecule has 0 aromatic rings. The van der Waals surface area contributed by atoms with E-state index in [2.05, 4.69) is 24.5 Å². The van der Waals surface area contributed by atoms with Crippen LogP contribution in [-0.4, -0.2) is 37.4 Å². The quantitative estimate of drug-likeness (QED) is 0.707. The summed E-state index contributed by atoms with van der Waals surface area (Å²) in [4.78, 5) is 0. The molecule has 3 nitrogen and oxygen atoms in total. The summed E-state index contributed by atoms with van der Waals surface area (Å²) in [6.07, 6.45) is 4.14. The van der Waals surface area contributed by atoms with Crippen molar-refractivity contribution in [1.29, 1.82) is 0 Å². The fourth-order valence-corrected chi connectivity index (χ4v) is 2.35. The van der Waals surface area contributed by atoms with Crippen molar-refractivity contribution >= 4 is 0 Å². The van der Waals surface area contributed by atoms with Crippen molar-refractivity contribution in [2.45, 2.75) is 50.8 Å². The van der Waals surface area contributed by atoms with Crippen LogP contribution in [-0.2, 0) is 4.74 Å². The highest BCUT2D eigenvalue weighted by atomic mass is 16.5. The van der Waals surface area contributed by atoms with E-state index in [0.717, 1.165) is 19.6 Å². The Morgan fingerprint density at radius 1 is 1.57 bits per heavy atom. The predicted molar refractivity (Wildman–Crippen MR) is 57.5 cm³/mol. The van der Waals surface area contributed by atoms with Gasteiger partial charge in [0.05, 0.1) is 6.10 Å². The molecule has 0 amide bonds. The minimum absolute atomic E-state index is 0.199. The van der Waals surface area contributed by atoms with Gasteiger partial charge in [-0.2, -0.15) is 0 Å². The third kappa shape index (κ3) is 2.10. The van der Waals surface area contributed by atoms with Gasteiger partial charge in [0, 0.05) is 24.7 Å². The van der Waals surface area contributed by atoms with Crippen LogP contribution in [0.15, 0.2) is 0 Å². The monoisotopic (exact) mass is 198 g/mol. The molecule has 14 heavy (non-hydrogen) atoms. The van der Waals surface area contributed by atoms with Gasteiger partial charge >= 0.3 is 0 Å². The highest BCUT2D eigenvalue weighted by Crippen LogP contribution is 2.25. The first-order valence-electron chi connectivity index (χ1n) is 5.81. The van der Waals surface area contributed by atoms with E-state index < -0.39 is 0 Å². The van der Waals surface area contributed by atoms with Crippen molar-refractivity contribution in [3.05, 3.63) is 0 Å². The van der Waals surface area contributed by atoms with Crippen molar-refractivity contribution in [3.8, 4) is 0 Å². The average molecular weight is 198 g/mol. The molecule has 2 unspecified atom stereocenters. The molecule has 0 aromatic carbocycles. The molecule has 2 N–H and O–H groups in total. The lowest BCUT2D eigenvalue weighted by Crippen LogP contribution is -2.51. The molecule has 3 heteroatoms. The standard InChI is InChI=1S/C11H22N2O/c1-9-11(2,5-7-14-9)13-8-10-4-3-6-12-10/h9-10,12-13H,3-8H2,1-2H3/t9?,10-,11?/m1/s1. The topological polar surface area (TPSA) is 33.3 Å². The number of nitrogens with one attached hydrogen (secondary N) is 2. The zero-order valence-electron chi connectivity index (χ0n) is 9.31. The molecule has 0 saturated carbocycles. The van der Waals surface area contributed by atoms with Crippen molar-refractivity contribution in [2.75, 3.05) is 19.7 Å². The molecule has 0 aliphatic carbocycles. The maximum atomic E-state index is 5.60. The van der Waals surface area contributed by atoms with E-state index in [1.807, 2.05) is 0 Å². The Hall–Kier alpha value is -0.120. The lowest BCUT2D eigenvalue weighted by Gasteiger charge is -2.30. The van der Waals surface area contributed by atoms with Gasteiger partial charge in [-0.15, -0.1) is 0 Å². The molecular weight excluding hydrogens is 176 g/mol. The minimum atomic E-state index is 0.199. The lowest BCUT2D eigenvalue weighted by molar-refractivity contribution is 0.0880. The van der Waals surface area contributed by atoms with Crippen LogP contribution in [0.4, 0.5) is 0 Å². The molecule has 2 saturated heterocycles. The van der Waals surface area contributed by atoms with Crippen LogP contribution >= 0.6 is 0 Å². The second kappa shape index (κ2) is 4.17. The van der Waals surface area contributed by atoms with Crippen molar-refractivity contribution in [2.24, 2.45) is 0 Å². The molecule has 2 aliphatic rings. The summed E-state index contributed by atoms with van der Waals surface area (Å²) in [5, 5.41) is 7.17. The summed E-state index contributed by atoms with van der Waals surface area (Å²) in [7, 11) is 0. The zero-order chi connectivity index (χ0) is 10.0. The number of hydrogen-bond donors (Lipinski definition) is 2. The Morgan fingerprint density at radius 3 is 3.00 bits per heavy atom. The summed E-state index contributed by atoms with van der Waals surface area (Å²) in [5.41, 5.74) is 0.199. The van der Waals surface area contributed by atoms with Crippen molar-refractivity contribution in [3.63, 3.8) is 0 Å². The summed E-state index contributed by atoms with van der Waals surface area (Å²) >= 11 is 0. The van der Waals surface area contributed by atoms with Gasteiger partial charge in [0.2, 0.25) is 0 Å². The minimum Gasteiger partial charge on any atom is -0.377 e. The Bertz CT molecular complexity index is 192. The second-order valence-electron chi connectivity index (χ2n) is 4.85. The fourth-order valence-electron chi connectivity index (χ4n) is 2.35. The Morgan fingerprint density at radius 2 is 2.43 bits per heavy atom. The van der Waals surface area contributed by atoms with E-state index in [-0.39, 0.29) is 5.54 Å². The van der Waals surface area contributed by atoms with Crippen LogP contribution in [0.1, 0.15) is 33.1 Å². The highest BCUT2D eigenvalue weighted by molar-refractivity contribution is 4.94. The molecule has 2 fully saturated rings. The van der Waals surface area contributed by atoms with Gasteiger partial charge in [-0.1, -0.05) is 0 Å². The van der Waals surface area contributed by atoms with Crippen LogP contribution in [0.25, 0.3) is 0 Å². The normalized spacial score (nSPS) is 43.3. The Labute approximate surface area is 86.6 Å². The van der Waals surface area contributed by atoms with E-state index in [4.69, 9.17) is 4.74 Å². The van der Waals surface area contributed by atoms with E-state index in [1.54, 1.807) is 0 Å². The van der Waals surface area contributed by atoms with Crippen LogP contribution < -0.4 is 10.6 Å². The third-order valence-electron chi connectivity index (χ3n) is 3.80. The zero-order valence-corrected chi connectivity index (χ0v) is 9.31. The van der Waals surface area contributed by atoms with Gasteiger partial charge in [-0.25, -0.2) is 0 Å². The summed E-state index contributed by atoms with van der Waals surface area (Å²) in [5.74, 6) is 0.